The molecule has 0 aliphatic carbocycles. The summed E-state index contributed by atoms with van der Waals surface area (Å²) in [6, 6.07) is 2.59. The van der Waals surface area contributed by atoms with E-state index in [2.05, 4.69) is 5.32 Å². The molecule has 20 heavy (non-hydrogen) atoms. The molecule has 6 nitrogen and oxygen atoms in total. The van der Waals surface area contributed by atoms with Crippen molar-refractivity contribution in [1.82, 2.24) is 10.2 Å². The minimum atomic E-state index is -3.12. The van der Waals surface area contributed by atoms with Gasteiger partial charge in [-0.1, -0.05) is 0 Å². The zero-order valence-corrected chi connectivity index (χ0v) is 13.1. The molecule has 0 bridgehead atoms. The summed E-state index contributed by atoms with van der Waals surface area (Å²) in [6.45, 7) is 5.79. The topological polar surface area (TPSA) is 79.6 Å². The smallest absolute Gasteiger partial charge is 0.318 e. The molecule has 7 heteroatoms. The van der Waals surface area contributed by atoms with E-state index in [-0.39, 0.29) is 23.9 Å². The summed E-state index contributed by atoms with van der Waals surface area (Å²) in [5.74, 6) is 0.605. The maximum Gasteiger partial charge on any atom is 0.318 e. The van der Waals surface area contributed by atoms with E-state index in [4.69, 9.17) is 4.42 Å². The van der Waals surface area contributed by atoms with Crippen LogP contribution in [0.1, 0.15) is 32.6 Å². The van der Waals surface area contributed by atoms with Crippen molar-refractivity contribution in [2.75, 3.05) is 18.6 Å². The van der Waals surface area contributed by atoms with E-state index in [1.54, 1.807) is 25.3 Å². The molecule has 0 fully saturated rings. The van der Waals surface area contributed by atoms with Crippen molar-refractivity contribution >= 4 is 15.9 Å². The van der Waals surface area contributed by atoms with Gasteiger partial charge in [-0.3, -0.25) is 0 Å². The first kappa shape index (κ1) is 16.6. The van der Waals surface area contributed by atoms with E-state index in [1.807, 2.05) is 13.8 Å². The first-order valence-electron chi connectivity index (χ1n) is 6.52. The summed E-state index contributed by atoms with van der Waals surface area (Å²) < 4.78 is 27.9. The molecule has 114 valence electrons. The van der Waals surface area contributed by atoms with Crippen molar-refractivity contribution in [3.63, 3.8) is 0 Å². The second kappa shape index (κ2) is 6.78. The van der Waals surface area contributed by atoms with Gasteiger partial charge < -0.3 is 14.6 Å². The van der Waals surface area contributed by atoms with Crippen molar-refractivity contribution in [2.45, 2.75) is 32.9 Å². The van der Waals surface area contributed by atoms with E-state index in [1.165, 1.54) is 11.2 Å². The van der Waals surface area contributed by atoms with Crippen LogP contribution in [0.15, 0.2) is 22.8 Å². The van der Waals surface area contributed by atoms with Gasteiger partial charge in [-0.2, -0.15) is 0 Å². The van der Waals surface area contributed by atoms with Crippen LogP contribution in [0.3, 0.4) is 0 Å². The molecule has 1 rings (SSSR count). The number of amides is 2. The van der Waals surface area contributed by atoms with E-state index >= 15 is 0 Å². The molecule has 2 unspecified atom stereocenters. The lowest BCUT2D eigenvalue weighted by Gasteiger charge is -2.28. The molecule has 0 radical (unpaired) electrons. The summed E-state index contributed by atoms with van der Waals surface area (Å²) >= 11 is 0. The van der Waals surface area contributed by atoms with Crippen molar-refractivity contribution in [2.24, 2.45) is 0 Å². The average molecular weight is 302 g/mol. The van der Waals surface area contributed by atoms with Gasteiger partial charge in [0.25, 0.3) is 0 Å². The number of nitrogens with one attached hydrogen (secondary N) is 1. The van der Waals surface area contributed by atoms with Gasteiger partial charge in [-0.05, 0) is 32.9 Å². The van der Waals surface area contributed by atoms with Gasteiger partial charge >= 0.3 is 6.03 Å². The second-order valence-electron chi connectivity index (χ2n) is 4.91. The Labute approximate surface area is 120 Å². The lowest BCUT2D eigenvalue weighted by molar-refractivity contribution is 0.182. The van der Waals surface area contributed by atoms with Gasteiger partial charge in [0.15, 0.2) is 0 Å². The number of hydrogen-bond donors (Lipinski definition) is 1. The number of urea groups is 1. The molecule has 0 saturated carbocycles. The van der Waals surface area contributed by atoms with Crippen LogP contribution in [0.4, 0.5) is 4.79 Å². The molecule has 2 atom stereocenters. The highest BCUT2D eigenvalue weighted by Crippen LogP contribution is 2.13. The zero-order valence-electron chi connectivity index (χ0n) is 12.3. The van der Waals surface area contributed by atoms with Crippen molar-refractivity contribution < 1.29 is 17.6 Å². The van der Waals surface area contributed by atoms with Crippen LogP contribution in [0.5, 0.6) is 0 Å². The molecule has 0 aromatic carbocycles. The van der Waals surface area contributed by atoms with Gasteiger partial charge in [0, 0.05) is 18.8 Å². The number of rotatable bonds is 6. The molecular weight excluding hydrogens is 280 g/mol. The number of carbonyl (C=O) groups is 1. The molecule has 1 N–H and O–H groups in total. The highest BCUT2D eigenvalue weighted by Gasteiger charge is 2.23. The fourth-order valence-electron chi connectivity index (χ4n) is 2.06. The predicted molar refractivity (Wildman–Crippen MR) is 77.2 cm³/mol. The van der Waals surface area contributed by atoms with Crippen LogP contribution >= 0.6 is 0 Å². The first-order chi connectivity index (χ1) is 9.24. The third kappa shape index (κ3) is 4.88. The van der Waals surface area contributed by atoms with Crippen molar-refractivity contribution in [3.8, 4) is 0 Å². The molecule has 1 aromatic rings. The van der Waals surface area contributed by atoms with Gasteiger partial charge in [0.2, 0.25) is 0 Å². The molecule has 2 amide bonds. The Bertz CT molecular complexity index is 525. The molecular formula is C13H22N2O4S. The number of furan rings is 1. The van der Waals surface area contributed by atoms with E-state index in [0.717, 1.165) is 0 Å². The largest absolute Gasteiger partial charge is 0.467 e. The van der Waals surface area contributed by atoms with Crippen LogP contribution < -0.4 is 5.32 Å². The summed E-state index contributed by atoms with van der Waals surface area (Å²) in [4.78, 5) is 13.7. The lowest BCUT2D eigenvalue weighted by Crippen LogP contribution is -2.47. The van der Waals surface area contributed by atoms with Crippen LogP contribution in [0.25, 0.3) is 0 Å². The quantitative estimate of drug-likeness (QED) is 0.869. The van der Waals surface area contributed by atoms with Crippen LogP contribution in [0, 0.1) is 0 Å². The van der Waals surface area contributed by atoms with Gasteiger partial charge in [0.1, 0.15) is 15.6 Å². The Hall–Kier alpha value is -1.50. The number of carbonyl (C=O) groups excluding carboxylic acids is 1. The van der Waals surface area contributed by atoms with Crippen LogP contribution in [0.2, 0.25) is 0 Å². The third-order valence-corrected chi connectivity index (χ3v) is 4.08. The van der Waals surface area contributed by atoms with Crippen LogP contribution in [-0.4, -0.2) is 43.9 Å². The summed E-state index contributed by atoms with van der Waals surface area (Å²) in [5, 5.41) is 2.80. The Morgan fingerprint density at radius 3 is 2.55 bits per heavy atom. The maximum atomic E-state index is 12.2. The van der Waals surface area contributed by atoms with Gasteiger partial charge in [-0.15, -0.1) is 0 Å². The summed E-state index contributed by atoms with van der Waals surface area (Å²) in [5.41, 5.74) is 0. The molecule has 0 saturated heterocycles. The molecule has 0 spiro atoms. The SMILES string of the molecule is CCN(C(=O)NC(C)c1ccco1)C(C)CS(C)(=O)=O. The van der Waals surface area contributed by atoms with Gasteiger partial charge in [-0.25, -0.2) is 13.2 Å². The standard InChI is InChI=1S/C13H22N2O4S/c1-5-15(10(2)9-20(4,17)18)13(16)14-11(3)12-7-6-8-19-12/h6-8,10-11H,5,9H2,1-4H3,(H,14,16). The number of nitrogens with zero attached hydrogens (tertiary/aromatic N) is 1. The minimum absolute atomic E-state index is 0.0522. The Morgan fingerprint density at radius 1 is 1.45 bits per heavy atom. The zero-order chi connectivity index (χ0) is 15.3. The highest BCUT2D eigenvalue weighted by atomic mass is 32.2. The number of hydrogen-bond acceptors (Lipinski definition) is 4. The summed E-state index contributed by atoms with van der Waals surface area (Å²) in [6.07, 6.45) is 2.71. The maximum absolute atomic E-state index is 12.2. The van der Waals surface area contributed by atoms with E-state index in [0.29, 0.717) is 12.3 Å². The fourth-order valence-corrected chi connectivity index (χ4v) is 3.12. The Morgan fingerprint density at radius 2 is 2.10 bits per heavy atom. The highest BCUT2D eigenvalue weighted by molar-refractivity contribution is 7.90. The Kier molecular flexibility index (Phi) is 5.62. The van der Waals surface area contributed by atoms with E-state index in [9.17, 15) is 13.2 Å². The first-order valence-corrected chi connectivity index (χ1v) is 8.59. The van der Waals surface area contributed by atoms with Crippen molar-refractivity contribution in [3.05, 3.63) is 24.2 Å². The monoisotopic (exact) mass is 302 g/mol. The van der Waals surface area contributed by atoms with Crippen molar-refractivity contribution in [1.29, 1.82) is 0 Å². The molecule has 0 aliphatic rings. The minimum Gasteiger partial charge on any atom is -0.467 e. The average Bonchev–Trinajstić information content (AvgIpc) is 2.80. The summed E-state index contributed by atoms with van der Waals surface area (Å²) in [7, 11) is -3.12. The van der Waals surface area contributed by atoms with Crippen LogP contribution in [-0.2, 0) is 9.84 Å². The van der Waals surface area contributed by atoms with Gasteiger partial charge in [0.05, 0.1) is 18.1 Å². The number of sulfone groups is 1. The van der Waals surface area contributed by atoms with E-state index < -0.39 is 9.84 Å². The molecule has 0 aliphatic heterocycles. The lowest BCUT2D eigenvalue weighted by atomic mass is 10.2. The second-order valence-corrected chi connectivity index (χ2v) is 7.10. The Balaban J connectivity index is 2.67. The normalized spacial score (nSPS) is 14.6. The predicted octanol–water partition coefficient (Wildman–Crippen LogP) is 1.81. The fraction of sp³-hybridized carbons (Fsp3) is 0.615. The third-order valence-electron chi connectivity index (χ3n) is 2.99. The molecule has 1 aromatic heterocycles. The molecule has 1 heterocycles.